The first-order valence-electron chi connectivity index (χ1n) is 4.62. The largest absolute Gasteiger partial charge is 0.493 e. The van der Waals surface area contributed by atoms with E-state index in [9.17, 15) is 0 Å². The molecule has 1 aliphatic heterocycles. The van der Waals surface area contributed by atoms with E-state index >= 15 is 0 Å². The summed E-state index contributed by atoms with van der Waals surface area (Å²) in [5, 5.41) is 0. The highest BCUT2D eigenvalue weighted by Gasteiger charge is 2.15. The predicted molar refractivity (Wildman–Crippen MR) is 56.2 cm³/mol. The molecule has 1 fully saturated rings. The fraction of sp³-hybridized carbons (Fsp3) is 0.455. The van der Waals surface area contributed by atoms with Crippen molar-refractivity contribution in [1.82, 2.24) is 0 Å². The molecule has 0 N–H and O–H groups in total. The van der Waals surface area contributed by atoms with Gasteiger partial charge in [0.15, 0.2) is 0 Å². The SMILES string of the molecule is [c]1ccc(OCC2CCSC2)cc1. The number of benzene rings is 1. The second-order valence-electron chi connectivity index (χ2n) is 3.28. The van der Waals surface area contributed by atoms with Crippen molar-refractivity contribution in [2.24, 2.45) is 5.92 Å². The highest BCUT2D eigenvalue weighted by atomic mass is 32.2. The molecule has 1 nitrogen and oxygen atoms in total. The molecular weight excluding hydrogens is 180 g/mol. The van der Waals surface area contributed by atoms with E-state index in [4.69, 9.17) is 4.74 Å². The standard InChI is InChI=1S/C11H13OS/c1-2-4-11(5-3-1)12-8-10-6-7-13-9-10/h2-5,10H,6-9H2. The number of hydrogen-bond acceptors (Lipinski definition) is 2. The molecule has 0 saturated carbocycles. The van der Waals surface area contributed by atoms with Crippen molar-refractivity contribution < 1.29 is 4.74 Å². The van der Waals surface area contributed by atoms with E-state index in [1.54, 1.807) is 0 Å². The van der Waals surface area contributed by atoms with Crippen molar-refractivity contribution in [1.29, 1.82) is 0 Å². The van der Waals surface area contributed by atoms with Crippen LogP contribution >= 0.6 is 11.8 Å². The van der Waals surface area contributed by atoms with Crippen LogP contribution in [-0.2, 0) is 0 Å². The minimum atomic E-state index is 0.759. The van der Waals surface area contributed by atoms with Gasteiger partial charge < -0.3 is 4.74 Å². The maximum absolute atomic E-state index is 5.66. The molecule has 0 aromatic heterocycles. The Bertz CT molecular complexity index is 242. The zero-order chi connectivity index (χ0) is 8.93. The highest BCUT2D eigenvalue weighted by Crippen LogP contribution is 2.24. The third kappa shape index (κ3) is 2.66. The second-order valence-corrected chi connectivity index (χ2v) is 4.43. The minimum absolute atomic E-state index is 0.759. The molecule has 2 heteroatoms. The van der Waals surface area contributed by atoms with E-state index in [2.05, 4.69) is 6.07 Å². The average molecular weight is 193 g/mol. The van der Waals surface area contributed by atoms with E-state index in [1.165, 1.54) is 17.9 Å². The van der Waals surface area contributed by atoms with Crippen LogP contribution in [0.5, 0.6) is 5.75 Å². The summed E-state index contributed by atoms with van der Waals surface area (Å²) in [6, 6.07) is 10.7. The lowest BCUT2D eigenvalue weighted by atomic mass is 10.1. The number of ether oxygens (including phenoxy) is 1. The number of rotatable bonds is 3. The van der Waals surface area contributed by atoms with E-state index in [0.717, 1.165) is 18.3 Å². The Morgan fingerprint density at radius 2 is 2.31 bits per heavy atom. The van der Waals surface area contributed by atoms with Crippen LogP contribution in [0.2, 0.25) is 0 Å². The summed E-state index contributed by atoms with van der Waals surface area (Å²) in [6.07, 6.45) is 1.31. The summed E-state index contributed by atoms with van der Waals surface area (Å²) >= 11 is 2.03. The highest BCUT2D eigenvalue weighted by molar-refractivity contribution is 7.99. The van der Waals surface area contributed by atoms with Crippen LogP contribution < -0.4 is 4.74 Å². The van der Waals surface area contributed by atoms with Gasteiger partial charge in [-0.25, -0.2) is 0 Å². The maximum atomic E-state index is 5.66. The van der Waals surface area contributed by atoms with Gasteiger partial charge in [-0.3, -0.25) is 0 Å². The first-order valence-corrected chi connectivity index (χ1v) is 5.77. The van der Waals surface area contributed by atoms with Crippen LogP contribution in [0.3, 0.4) is 0 Å². The molecule has 1 atom stereocenters. The Hall–Kier alpha value is -0.630. The zero-order valence-electron chi connectivity index (χ0n) is 7.53. The molecule has 1 unspecified atom stereocenters. The monoisotopic (exact) mass is 193 g/mol. The molecule has 0 amide bonds. The van der Waals surface area contributed by atoms with Gasteiger partial charge >= 0.3 is 0 Å². The Kier molecular flexibility index (Phi) is 3.14. The molecule has 1 heterocycles. The zero-order valence-corrected chi connectivity index (χ0v) is 8.35. The third-order valence-corrected chi connectivity index (χ3v) is 3.43. The normalized spacial score (nSPS) is 21.7. The van der Waals surface area contributed by atoms with E-state index in [-0.39, 0.29) is 0 Å². The molecule has 0 bridgehead atoms. The first kappa shape index (κ1) is 8.95. The molecule has 1 aromatic rings. The topological polar surface area (TPSA) is 9.23 Å². The fourth-order valence-electron chi connectivity index (χ4n) is 1.40. The number of hydrogen-bond donors (Lipinski definition) is 0. The van der Waals surface area contributed by atoms with Crippen LogP contribution in [0.1, 0.15) is 6.42 Å². The summed E-state index contributed by atoms with van der Waals surface area (Å²) in [4.78, 5) is 0. The molecule has 2 rings (SSSR count). The predicted octanol–water partition coefficient (Wildman–Crippen LogP) is 2.62. The minimum Gasteiger partial charge on any atom is -0.493 e. The summed E-state index contributed by atoms with van der Waals surface area (Å²) in [7, 11) is 0. The van der Waals surface area contributed by atoms with Crippen molar-refractivity contribution in [3.63, 3.8) is 0 Å². The Labute approximate surface area is 83.5 Å². The van der Waals surface area contributed by atoms with Gasteiger partial charge in [0.1, 0.15) is 5.75 Å². The molecule has 13 heavy (non-hydrogen) atoms. The Balaban J connectivity index is 1.79. The van der Waals surface area contributed by atoms with Gasteiger partial charge in [0, 0.05) is 5.92 Å². The summed E-state index contributed by atoms with van der Waals surface area (Å²) in [5.41, 5.74) is 0. The van der Waals surface area contributed by atoms with Crippen molar-refractivity contribution >= 4 is 11.8 Å². The van der Waals surface area contributed by atoms with E-state index in [1.807, 2.05) is 36.0 Å². The molecular formula is C11H13OS. The first-order chi connectivity index (χ1) is 6.45. The molecule has 0 aliphatic carbocycles. The molecule has 1 aliphatic rings. The van der Waals surface area contributed by atoms with Crippen LogP contribution in [-0.4, -0.2) is 18.1 Å². The van der Waals surface area contributed by atoms with E-state index in [0.29, 0.717) is 0 Å². The van der Waals surface area contributed by atoms with Gasteiger partial charge in [0.05, 0.1) is 6.61 Å². The smallest absolute Gasteiger partial charge is 0.119 e. The van der Waals surface area contributed by atoms with Crippen LogP contribution in [0.15, 0.2) is 24.3 Å². The van der Waals surface area contributed by atoms with Gasteiger partial charge in [0.2, 0.25) is 0 Å². The van der Waals surface area contributed by atoms with Crippen molar-refractivity contribution in [3.05, 3.63) is 30.3 Å². The van der Waals surface area contributed by atoms with Crippen molar-refractivity contribution in [3.8, 4) is 5.75 Å². The Morgan fingerprint density at radius 3 is 3.00 bits per heavy atom. The molecule has 1 radical (unpaired) electrons. The second kappa shape index (κ2) is 4.56. The van der Waals surface area contributed by atoms with Crippen LogP contribution in [0.4, 0.5) is 0 Å². The Morgan fingerprint density at radius 1 is 1.46 bits per heavy atom. The lowest BCUT2D eigenvalue weighted by Gasteiger charge is -2.09. The molecule has 1 saturated heterocycles. The van der Waals surface area contributed by atoms with E-state index < -0.39 is 0 Å². The third-order valence-electron chi connectivity index (χ3n) is 2.20. The summed E-state index contributed by atoms with van der Waals surface area (Å²) < 4.78 is 5.66. The molecule has 69 valence electrons. The fourth-order valence-corrected chi connectivity index (χ4v) is 2.66. The average Bonchev–Trinajstić information content (AvgIpc) is 2.69. The van der Waals surface area contributed by atoms with Crippen LogP contribution in [0, 0.1) is 12.0 Å². The number of thioether (sulfide) groups is 1. The van der Waals surface area contributed by atoms with Gasteiger partial charge in [-0.15, -0.1) is 0 Å². The van der Waals surface area contributed by atoms with Crippen LogP contribution in [0.25, 0.3) is 0 Å². The summed E-state index contributed by atoms with van der Waals surface area (Å²) in [5.74, 6) is 4.29. The van der Waals surface area contributed by atoms with Gasteiger partial charge in [0.25, 0.3) is 0 Å². The van der Waals surface area contributed by atoms with Gasteiger partial charge in [-0.05, 0) is 36.1 Å². The lowest BCUT2D eigenvalue weighted by molar-refractivity contribution is 0.264. The van der Waals surface area contributed by atoms with Gasteiger partial charge in [-0.1, -0.05) is 12.1 Å². The molecule has 0 spiro atoms. The summed E-state index contributed by atoms with van der Waals surface area (Å²) in [6.45, 7) is 0.872. The lowest BCUT2D eigenvalue weighted by Crippen LogP contribution is -2.10. The molecule has 1 aromatic carbocycles. The maximum Gasteiger partial charge on any atom is 0.119 e. The van der Waals surface area contributed by atoms with Crippen molar-refractivity contribution in [2.75, 3.05) is 18.1 Å². The quantitative estimate of drug-likeness (QED) is 0.729. The van der Waals surface area contributed by atoms with Gasteiger partial charge in [-0.2, -0.15) is 11.8 Å². The van der Waals surface area contributed by atoms with Crippen molar-refractivity contribution in [2.45, 2.75) is 6.42 Å².